The standard InChI is InChI=1S/C22H20FN5O3/c1-26-10-8-18(25-26)19-6-7-20(22-24-9-11-27(19)22)31-13-17-12-28(21(29)14-30-17)16-4-2-15(23)3-5-16/h2-11,17H,12-14H2,1H3/t17-/m0/s1. The van der Waals surface area contributed by atoms with E-state index in [9.17, 15) is 9.18 Å². The van der Waals surface area contributed by atoms with E-state index in [0.29, 0.717) is 23.6 Å². The molecule has 1 aliphatic heterocycles. The molecule has 1 aromatic carbocycles. The van der Waals surface area contributed by atoms with Crippen LogP contribution in [0.5, 0.6) is 5.75 Å². The van der Waals surface area contributed by atoms with Gasteiger partial charge in [-0.1, -0.05) is 0 Å². The van der Waals surface area contributed by atoms with Crippen molar-refractivity contribution in [3.63, 3.8) is 0 Å². The molecular weight excluding hydrogens is 401 g/mol. The number of carbonyl (C=O) groups excluding carboxylic acids is 1. The number of pyridine rings is 1. The third kappa shape index (κ3) is 3.75. The van der Waals surface area contributed by atoms with Gasteiger partial charge in [-0.15, -0.1) is 0 Å². The van der Waals surface area contributed by atoms with Crippen LogP contribution in [0.4, 0.5) is 10.1 Å². The predicted octanol–water partition coefficient (Wildman–Crippen LogP) is 2.68. The van der Waals surface area contributed by atoms with Crippen molar-refractivity contribution < 1.29 is 18.7 Å². The van der Waals surface area contributed by atoms with E-state index in [-0.39, 0.29) is 31.0 Å². The summed E-state index contributed by atoms with van der Waals surface area (Å²) in [4.78, 5) is 18.3. The maximum atomic E-state index is 13.2. The third-order valence-corrected chi connectivity index (χ3v) is 5.18. The first-order valence-electron chi connectivity index (χ1n) is 9.85. The van der Waals surface area contributed by atoms with Crippen molar-refractivity contribution in [2.45, 2.75) is 6.10 Å². The van der Waals surface area contributed by atoms with Gasteiger partial charge in [-0.05, 0) is 42.5 Å². The highest BCUT2D eigenvalue weighted by Gasteiger charge is 2.28. The fourth-order valence-electron chi connectivity index (χ4n) is 3.64. The van der Waals surface area contributed by atoms with Crippen LogP contribution >= 0.6 is 0 Å². The Balaban J connectivity index is 1.32. The highest BCUT2D eigenvalue weighted by molar-refractivity contribution is 5.94. The van der Waals surface area contributed by atoms with Crippen molar-refractivity contribution in [3.8, 4) is 17.1 Å². The summed E-state index contributed by atoms with van der Waals surface area (Å²) in [5, 5.41) is 4.46. The Kier molecular flexibility index (Phi) is 4.87. The maximum Gasteiger partial charge on any atom is 0.253 e. The first-order valence-corrected chi connectivity index (χ1v) is 9.85. The van der Waals surface area contributed by atoms with E-state index in [2.05, 4.69) is 10.1 Å². The number of nitrogens with zero attached hydrogens (tertiary/aromatic N) is 5. The van der Waals surface area contributed by atoms with Crippen LogP contribution in [0, 0.1) is 5.82 Å². The fourth-order valence-corrected chi connectivity index (χ4v) is 3.64. The smallest absolute Gasteiger partial charge is 0.253 e. The lowest BCUT2D eigenvalue weighted by Crippen LogP contribution is -2.48. The van der Waals surface area contributed by atoms with Gasteiger partial charge in [0.25, 0.3) is 5.91 Å². The van der Waals surface area contributed by atoms with E-state index in [1.807, 2.05) is 42.0 Å². The lowest BCUT2D eigenvalue weighted by molar-refractivity contribution is -0.130. The van der Waals surface area contributed by atoms with E-state index >= 15 is 0 Å². The van der Waals surface area contributed by atoms with Gasteiger partial charge in [-0.3, -0.25) is 13.9 Å². The van der Waals surface area contributed by atoms with Crippen molar-refractivity contribution in [1.82, 2.24) is 19.2 Å². The Morgan fingerprint density at radius 1 is 1.16 bits per heavy atom. The van der Waals surface area contributed by atoms with E-state index in [1.165, 1.54) is 12.1 Å². The number of hydrogen-bond donors (Lipinski definition) is 0. The van der Waals surface area contributed by atoms with Crippen LogP contribution in [0.3, 0.4) is 0 Å². The molecule has 1 fully saturated rings. The van der Waals surface area contributed by atoms with Gasteiger partial charge in [0.05, 0.1) is 12.2 Å². The summed E-state index contributed by atoms with van der Waals surface area (Å²) in [6.45, 7) is 0.514. The topological polar surface area (TPSA) is 73.9 Å². The molecule has 31 heavy (non-hydrogen) atoms. The second kappa shape index (κ2) is 7.84. The molecule has 1 saturated heterocycles. The number of benzene rings is 1. The molecule has 8 nitrogen and oxygen atoms in total. The summed E-state index contributed by atoms with van der Waals surface area (Å²) >= 11 is 0. The lowest BCUT2D eigenvalue weighted by Gasteiger charge is -2.32. The summed E-state index contributed by atoms with van der Waals surface area (Å²) in [5.41, 5.74) is 3.05. The zero-order valence-electron chi connectivity index (χ0n) is 16.8. The second-order valence-corrected chi connectivity index (χ2v) is 7.30. The van der Waals surface area contributed by atoms with Crippen molar-refractivity contribution in [2.75, 3.05) is 24.7 Å². The number of rotatable bonds is 5. The van der Waals surface area contributed by atoms with Crippen LogP contribution < -0.4 is 9.64 Å². The van der Waals surface area contributed by atoms with E-state index < -0.39 is 0 Å². The van der Waals surface area contributed by atoms with Crippen LogP contribution in [0.15, 0.2) is 61.1 Å². The minimum Gasteiger partial charge on any atom is -0.487 e. The van der Waals surface area contributed by atoms with Gasteiger partial charge in [-0.2, -0.15) is 5.10 Å². The fraction of sp³-hybridized carbons (Fsp3) is 0.227. The normalized spacial score (nSPS) is 16.8. The molecule has 0 aliphatic carbocycles. The zero-order valence-corrected chi connectivity index (χ0v) is 16.8. The molecule has 1 atom stereocenters. The summed E-state index contributed by atoms with van der Waals surface area (Å²) in [7, 11) is 1.87. The van der Waals surface area contributed by atoms with Gasteiger partial charge >= 0.3 is 0 Å². The number of hydrogen-bond acceptors (Lipinski definition) is 5. The summed E-state index contributed by atoms with van der Waals surface area (Å²) < 4.78 is 28.6. The molecule has 0 N–H and O–H groups in total. The highest BCUT2D eigenvalue weighted by atomic mass is 19.1. The van der Waals surface area contributed by atoms with Crippen molar-refractivity contribution in [3.05, 3.63) is 66.9 Å². The van der Waals surface area contributed by atoms with E-state index in [4.69, 9.17) is 9.47 Å². The molecule has 3 aromatic heterocycles. The largest absolute Gasteiger partial charge is 0.487 e. The highest BCUT2D eigenvalue weighted by Crippen LogP contribution is 2.26. The molecule has 0 spiro atoms. The third-order valence-electron chi connectivity index (χ3n) is 5.18. The average molecular weight is 421 g/mol. The van der Waals surface area contributed by atoms with Crippen LogP contribution in [-0.2, 0) is 16.6 Å². The summed E-state index contributed by atoms with van der Waals surface area (Å²) in [5.74, 6) is 0.0962. The first kappa shape index (κ1) is 19.3. The monoisotopic (exact) mass is 421 g/mol. The number of aryl methyl sites for hydroxylation is 1. The van der Waals surface area contributed by atoms with Gasteiger partial charge < -0.3 is 14.4 Å². The van der Waals surface area contributed by atoms with Gasteiger partial charge in [-0.25, -0.2) is 9.37 Å². The minimum absolute atomic E-state index is 0.0528. The van der Waals surface area contributed by atoms with Crippen molar-refractivity contribution in [2.24, 2.45) is 7.05 Å². The number of imidazole rings is 1. The van der Waals surface area contributed by atoms with Gasteiger partial charge in [0.15, 0.2) is 11.4 Å². The van der Waals surface area contributed by atoms with Crippen molar-refractivity contribution >= 4 is 17.2 Å². The Morgan fingerprint density at radius 2 is 2.00 bits per heavy atom. The summed E-state index contributed by atoms with van der Waals surface area (Å²) in [6, 6.07) is 11.6. The second-order valence-electron chi connectivity index (χ2n) is 7.30. The molecule has 4 aromatic rings. The average Bonchev–Trinajstić information content (AvgIpc) is 3.43. The Bertz CT molecular complexity index is 1230. The first-order chi connectivity index (χ1) is 15.1. The molecule has 9 heteroatoms. The summed E-state index contributed by atoms with van der Waals surface area (Å²) in [6.07, 6.45) is 5.13. The molecule has 0 unspecified atom stereocenters. The van der Waals surface area contributed by atoms with Gasteiger partial charge in [0.1, 0.15) is 30.8 Å². The van der Waals surface area contributed by atoms with E-state index in [1.54, 1.807) is 27.9 Å². The molecule has 0 radical (unpaired) electrons. The van der Waals surface area contributed by atoms with Gasteiger partial charge in [0.2, 0.25) is 0 Å². The zero-order chi connectivity index (χ0) is 21.4. The van der Waals surface area contributed by atoms with Gasteiger partial charge in [0, 0.05) is 31.3 Å². The van der Waals surface area contributed by atoms with E-state index in [0.717, 1.165) is 11.4 Å². The molecule has 0 saturated carbocycles. The Hall–Kier alpha value is -3.72. The Labute approximate surface area is 177 Å². The number of fused-ring (bicyclic) bond motifs is 1. The lowest BCUT2D eigenvalue weighted by atomic mass is 10.2. The number of carbonyl (C=O) groups is 1. The van der Waals surface area contributed by atoms with Crippen LogP contribution in [0.1, 0.15) is 0 Å². The Morgan fingerprint density at radius 3 is 2.77 bits per heavy atom. The number of morpholine rings is 1. The molecule has 1 aliphatic rings. The van der Waals surface area contributed by atoms with Crippen LogP contribution in [-0.4, -0.2) is 50.9 Å². The number of halogens is 1. The molecule has 1 amide bonds. The SMILES string of the molecule is Cn1ccc(-c2ccc(OC[C@@H]3CN(c4ccc(F)cc4)C(=O)CO3)c3nccn23)n1. The number of amides is 1. The number of anilines is 1. The molecular formula is C22H20FN5O3. The molecule has 158 valence electrons. The number of aromatic nitrogens is 4. The molecule has 4 heterocycles. The molecule has 5 rings (SSSR count). The minimum atomic E-state index is -0.345. The number of ether oxygens (including phenoxy) is 2. The van der Waals surface area contributed by atoms with Crippen LogP contribution in [0.25, 0.3) is 17.0 Å². The maximum absolute atomic E-state index is 13.2. The quantitative estimate of drug-likeness (QED) is 0.495. The molecule has 0 bridgehead atoms. The van der Waals surface area contributed by atoms with Crippen LogP contribution in [0.2, 0.25) is 0 Å². The predicted molar refractivity (Wildman–Crippen MR) is 111 cm³/mol. The van der Waals surface area contributed by atoms with Crippen molar-refractivity contribution in [1.29, 1.82) is 0 Å².